The number of hydrogen-bond acceptors (Lipinski definition) is 3. The molecule has 0 aromatic heterocycles. The van der Waals surface area contributed by atoms with E-state index in [0.29, 0.717) is 0 Å². The number of aromatic hydroxyl groups is 1. The van der Waals surface area contributed by atoms with Crippen molar-refractivity contribution in [2.24, 2.45) is 0 Å². The van der Waals surface area contributed by atoms with Gasteiger partial charge in [0, 0.05) is 0 Å². The number of carboxylic acids is 1. The van der Waals surface area contributed by atoms with E-state index in [0.717, 1.165) is 22.3 Å². The second-order valence-corrected chi connectivity index (χ2v) is 7.75. The maximum Gasteiger partial charge on any atom is 0.321 e. The Morgan fingerprint density at radius 2 is 1.09 bits per heavy atom. The number of carbonyl (C=O) groups is 1. The molecule has 0 radical (unpaired) electrons. The monoisotopic (exact) mass is 453 g/mol. The normalized spacial score (nSPS) is 11.7. The van der Waals surface area contributed by atoms with Crippen molar-refractivity contribution in [3.05, 3.63) is 138 Å². The highest BCUT2D eigenvalue weighted by Gasteiger charge is 2.39. The number of aliphatic carboxylic acids is 1. The Labute approximate surface area is 201 Å². The van der Waals surface area contributed by atoms with Crippen molar-refractivity contribution in [3.63, 3.8) is 0 Å². The van der Waals surface area contributed by atoms with Gasteiger partial charge < -0.3 is 10.2 Å². The van der Waals surface area contributed by atoms with E-state index < -0.39 is 17.6 Å². The summed E-state index contributed by atoms with van der Waals surface area (Å²) in [4.78, 5) is 12.4. The first-order valence-corrected chi connectivity index (χ1v) is 11.5. The highest BCUT2D eigenvalue weighted by molar-refractivity contribution is 5.74. The Morgan fingerprint density at radius 1 is 0.706 bits per heavy atom. The number of hydrogen-bond donors (Lipinski definition) is 3. The van der Waals surface area contributed by atoms with Crippen LogP contribution in [0.15, 0.2) is 115 Å². The van der Waals surface area contributed by atoms with Gasteiger partial charge in [0.25, 0.3) is 0 Å². The molecule has 4 rings (SSSR count). The van der Waals surface area contributed by atoms with Crippen LogP contribution in [-0.4, -0.2) is 22.2 Å². The fourth-order valence-electron chi connectivity index (χ4n) is 4.14. The molecule has 4 nitrogen and oxygen atoms in total. The fourth-order valence-corrected chi connectivity index (χ4v) is 4.14. The van der Waals surface area contributed by atoms with Gasteiger partial charge in [0.15, 0.2) is 0 Å². The highest BCUT2D eigenvalue weighted by atomic mass is 16.4. The Bertz CT molecular complexity index is 1050. The SMILES string of the molecule is CC.O=C(O)[C@@H](Cc1ccc(O)cc1)NC(c1ccccc1)(c1ccccc1)c1ccccc1. The zero-order chi connectivity index (χ0) is 24.4. The van der Waals surface area contributed by atoms with E-state index in [9.17, 15) is 15.0 Å². The largest absolute Gasteiger partial charge is 0.508 e. The first kappa shape index (κ1) is 24.7. The van der Waals surface area contributed by atoms with Crippen LogP contribution >= 0.6 is 0 Å². The number of rotatable bonds is 8. The van der Waals surface area contributed by atoms with E-state index in [2.05, 4.69) is 5.32 Å². The molecule has 174 valence electrons. The summed E-state index contributed by atoms with van der Waals surface area (Å²) in [6.45, 7) is 4.00. The molecule has 1 atom stereocenters. The molecule has 0 unspecified atom stereocenters. The summed E-state index contributed by atoms with van der Waals surface area (Å²) < 4.78 is 0. The van der Waals surface area contributed by atoms with Crippen molar-refractivity contribution in [3.8, 4) is 5.75 Å². The second-order valence-electron chi connectivity index (χ2n) is 7.75. The van der Waals surface area contributed by atoms with Gasteiger partial charge in [-0.05, 0) is 40.8 Å². The summed E-state index contributed by atoms with van der Waals surface area (Å²) in [5, 5.41) is 23.3. The Kier molecular flexibility index (Phi) is 8.60. The molecule has 0 aliphatic rings. The number of nitrogens with one attached hydrogen (secondary N) is 1. The van der Waals surface area contributed by atoms with Crippen molar-refractivity contribution in [1.82, 2.24) is 5.32 Å². The van der Waals surface area contributed by atoms with Crippen LogP contribution in [0.3, 0.4) is 0 Å². The van der Waals surface area contributed by atoms with Gasteiger partial charge in [-0.3, -0.25) is 10.1 Å². The molecule has 0 amide bonds. The molecule has 0 spiro atoms. The van der Waals surface area contributed by atoms with E-state index in [1.165, 1.54) is 0 Å². The molecule has 0 saturated carbocycles. The van der Waals surface area contributed by atoms with Gasteiger partial charge in [-0.25, -0.2) is 0 Å². The van der Waals surface area contributed by atoms with Gasteiger partial charge in [-0.1, -0.05) is 117 Å². The van der Waals surface area contributed by atoms with E-state index in [1.807, 2.05) is 105 Å². The third-order valence-corrected chi connectivity index (χ3v) is 5.69. The van der Waals surface area contributed by atoms with Gasteiger partial charge in [0.1, 0.15) is 11.8 Å². The average Bonchev–Trinajstić information content (AvgIpc) is 2.90. The van der Waals surface area contributed by atoms with Crippen molar-refractivity contribution in [2.45, 2.75) is 31.8 Å². The summed E-state index contributed by atoms with van der Waals surface area (Å²) in [6, 6.07) is 35.6. The van der Waals surface area contributed by atoms with E-state index in [1.54, 1.807) is 24.3 Å². The molecule has 4 aromatic rings. The Hall–Kier alpha value is -3.89. The van der Waals surface area contributed by atoms with Crippen LogP contribution in [0.2, 0.25) is 0 Å². The maximum absolute atomic E-state index is 12.4. The molecule has 34 heavy (non-hydrogen) atoms. The highest BCUT2D eigenvalue weighted by Crippen LogP contribution is 2.37. The third kappa shape index (κ3) is 5.53. The van der Waals surface area contributed by atoms with Gasteiger partial charge in [-0.15, -0.1) is 0 Å². The predicted octanol–water partition coefficient (Wildman–Crippen LogP) is 6.00. The molecule has 4 heteroatoms. The van der Waals surface area contributed by atoms with Crippen molar-refractivity contribution >= 4 is 5.97 Å². The first-order chi connectivity index (χ1) is 16.6. The standard InChI is InChI=1S/C28H25NO3.C2H6/c30-25-18-16-21(17-19-25)20-26(27(31)32)29-28(22-10-4-1-5-11-22,23-12-6-2-7-13-23)24-14-8-3-9-15-24;1-2/h1-19,26,29-30H,20H2,(H,31,32);1-2H3/t26-;/m1./s1. The van der Waals surface area contributed by atoms with Crippen LogP contribution in [0.4, 0.5) is 0 Å². The van der Waals surface area contributed by atoms with E-state index in [4.69, 9.17) is 0 Å². The van der Waals surface area contributed by atoms with Crippen molar-refractivity contribution in [1.29, 1.82) is 0 Å². The molecule has 0 aliphatic heterocycles. The molecular formula is C30H31NO3. The molecular weight excluding hydrogens is 422 g/mol. The van der Waals surface area contributed by atoms with Crippen LogP contribution in [0.5, 0.6) is 5.75 Å². The van der Waals surface area contributed by atoms with Crippen molar-refractivity contribution < 1.29 is 15.0 Å². The molecule has 3 N–H and O–H groups in total. The lowest BCUT2D eigenvalue weighted by Crippen LogP contribution is -2.53. The van der Waals surface area contributed by atoms with Crippen LogP contribution < -0.4 is 5.32 Å². The van der Waals surface area contributed by atoms with Gasteiger partial charge in [-0.2, -0.15) is 0 Å². The zero-order valence-corrected chi connectivity index (χ0v) is 19.6. The van der Waals surface area contributed by atoms with E-state index >= 15 is 0 Å². The van der Waals surface area contributed by atoms with Crippen LogP contribution in [0.1, 0.15) is 36.1 Å². The summed E-state index contributed by atoms with van der Waals surface area (Å²) in [5.74, 6) is -0.786. The summed E-state index contributed by atoms with van der Waals surface area (Å²) in [7, 11) is 0. The molecule has 0 heterocycles. The minimum atomic E-state index is -0.940. The molecule has 0 fully saturated rings. The quantitative estimate of drug-likeness (QED) is 0.286. The molecule has 0 aliphatic carbocycles. The lowest BCUT2D eigenvalue weighted by molar-refractivity contribution is -0.139. The molecule has 0 saturated heterocycles. The average molecular weight is 454 g/mol. The van der Waals surface area contributed by atoms with Crippen LogP contribution in [0, 0.1) is 0 Å². The lowest BCUT2D eigenvalue weighted by atomic mass is 9.76. The summed E-state index contributed by atoms with van der Waals surface area (Å²) in [6.07, 6.45) is 0.268. The zero-order valence-electron chi connectivity index (χ0n) is 19.6. The minimum Gasteiger partial charge on any atom is -0.508 e. The summed E-state index contributed by atoms with van der Waals surface area (Å²) >= 11 is 0. The number of phenols is 1. The lowest BCUT2D eigenvalue weighted by Gasteiger charge is -2.39. The first-order valence-electron chi connectivity index (χ1n) is 11.5. The smallest absolute Gasteiger partial charge is 0.321 e. The third-order valence-electron chi connectivity index (χ3n) is 5.69. The number of phenolic OH excluding ortho intramolecular Hbond substituents is 1. The van der Waals surface area contributed by atoms with Gasteiger partial charge >= 0.3 is 5.97 Å². The topological polar surface area (TPSA) is 69.6 Å². The molecule has 0 bridgehead atoms. The molecule has 4 aromatic carbocycles. The predicted molar refractivity (Wildman–Crippen MR) is 137 cm³/mol. The number of benzene rings is 4. The van der Waals surface area contributed by atoms with Gasteiger partial charge in [0.2, 0.25) is 0 Å². The fraction of sp³-hybridized carbons (Fsp3) is 0.167. The van der Waals surface area contributed by atoms with Crippen LogP contribution in [-0.2, 0) is 16.8 Å². The maximum atomic E-state index is 12.4. The van der Waals surface area contributed by atoms with Crippen molar-refractivity contribution in [2.75, 3.05) is 0 Å². The van der Waals surface area contributed by atoms with Gasteiger partial charge in [0.05, 0.1) is 5.54 Å². The van der Waals surface area contributed by atoms with Crippen LogP contribution in [0.25, 0.3) is 0 Å². The van der Waals surface area contributed by atoms with E-state index in [-0.39, 0.29) is 12.2 Å². The Morgan fingerprint density at radius 3 is 1.44 bits per heavy atom. The second kappa shape index (κ2) is 11.8. The number of carboxylic acid groups (broad SMARTS) is 1. The Balaban J connectivity index is 0.00000158. The summed E-state index contributed by atoms with van der Waals surface area (Å²) in [5.41, 5.74) is 2.81. The minimum absolute atomic E-state index is 0.154.